The zero-order valence-electron chi connectivity index (χ0n) is 22.1. The van der Waals surface area contributed by atoms with Crippen LogP contribution < -0.4 is 4.74 Å². The van der Waals surface area contributed by atoms with Crippen LogP contribution in [0.2, 0.25) is 5.02 Å². The van der Waals surface area contributed by atoms with Crippen molar-refractivity contribution in [1.29, 1.82) is 0 Å². The van der Waals surface area contributed by atoms with Crippen molar-refractivity contribution in [3.63, 3.8) is 0 Å². The maximum Gasteiger partial charge on any atom is 0.318 e. The fraction of sp³-hybridized carbons (Fsp3) is 0.344. The van der Waals surface area contributed by atoms with E-state index in [1.165, 1.54) is 0 Å². The molecule has 1 N–H and O–H groups in total. The van der Waals surface area contributed by atoms with Gasteiger partial charge in [0.15, 0.2) is 0 Å². The van der Waals surface area contributed by atoms with Gasteiger partial charge in [0.1, 0.15) is 17.8 Å². The summed E-state index contributed by atoms with van der Waals surface area (Å²) in [4.78, 5) is 15.3. The standard InChI is InChI=1S/C32H36ClNO4/c1-4-19-37-29-16-15-24(20-28(29)33)23-38-27-21-34(22-27)31(2,3)17-18-32(30(35)36,25-11-7-5-8-12-25)26-13-9-6-10-14-26/h4-16,20,27H,1,17-19,21-23H2,2-3H3,(H,35,36). The molecule has 0 aromatic heterocycles. The Kier molecular flexibility index (Phi) is 8.93. The first-order valence-corrected chi connectivity index (χ1v) is 13.4. The van der Waals surface area contributed by atoms with E-state index < -0.39 is 11.4 Å². The highest BCUT2D eigenvalue weighted by Gasteiger charge is 2.45. The second kappa shape index (κ2) is 12.2. The van der Waals surface area contributed by atoms with Gasteiger partial charge in [0.05, 0.1) is 17.7 Å². The summed E-state index contributed by atoms with van der Waals surface area (Å²) in [6, 6.07) is 24.9. The van der Waals surface area contributed by atoms with Crippen LogP contribution in [-0.2, 0) is 21.6 Å². The van der Waals surface area contributed by atoms with Gasteiger partial charge in [-0.15, -0.1) is 0 Å². The van der Waals surface area contributed by atoms with Crippen molar-refractivity contribution in [2.24, 2.45) is 0 Å². The fourth-order valence-electron chi connectivity index (χ4n) is 5.06. The highest BCUT2D eigenvalue weighted by atomic mass is 35.5. The van der Waals surface area contributed by atoms with E-state index in [2.05, 4.69) is 25.3 Å². The van der Waals surface area contributed by atoms with Crippen LogP contribution in [0.5, 0.6) is 5.75 Å². The van der Waals surface area contributed by atoms with Crippen LogP contribution in [0.25, 0.3) is 0 Å². The van der Waals surface area contributed by atoms with E-state index in [1.54, 1.807) is 6.08 Å². The molecule has 1 fully saturated rings. The molecule has 4 rings (SSSR count). The van der Waals surface area contributed by atoms with Crippen molar-refractivity contribution in [1.82, 2.24) is 4.90 Å². The van der Waals surface area contributed by atoms with Crippen LogP contribution in [0.3, 0.4) is 0 Å². The van der Waals surface area contributed by atoms with E-state index in [-0.39, 0.29) is 11.6 Å². The van der Waals surface area contributed by atoms with Gasteiger partial charge in [0.2, 0.25) is 0 Å². The molecule has 1 heterocycles. The van der Waals surface area contributed by atoms with Crippen LogP contribution in [0.4, 0.5) is 0 Å². The number of nitrogens with zero attached hydrogens (tertiary/aromatic N) is 1. The minimum Gasteiger partial charge on any atom is -0.488 e. The van der Waals surface area contributed by atoms with Crippen molar-refractivity contribution < 1.29 is 19.4 Å². The average Bonchev–Trinajstić information content (AvgIpc) is 2.88. The van der Waals surface area contributed by atoms with Crippen molar-refractivity contribution >= 4 is 17.6 Å². The first kappa shape index (κ1) is 27.9. The Morgan fingerprint density at radius 1 is 1.03 bits per heavy atom. The molecule has 3 aromatic carbocycles. The molecule has 0 amide bonds. The summed E-state index contributed by atoms with van der Waals surface area (Å²) < 4.78 is 11.7. The molecule has 0 atom stereocenters. The van der Waals surface area contributed by atoms with Gasteiger partial charge < -0.3 is 14.6 Å². The maximum absolute atomic E-state index is 12.9. The molecule has 1 aliphatic heterocycles. The Balaban J connectivity index is 1.38. The molecular formula is C32H36ClNO4. The topological polar surface area (TPSA) is 59.0 Å². The summed E-state index contributed by atoms with van der Waals surface area (Å²) in [6.07, 6.45) is 3.02. The number of carbonyl (C=O) groups is 1. The molecule has 0 spiro atoms. The predicted octanol–water partition coefficient (Wildman–Crippen LogP) is 6.74. The summed E-state index contributed by atoms with van der Waals surface area (Å²) in [7, 11) is 0. The van der Waals surface area contributed by atoms with E-state index in [4.69, 9.17) is 21.1 Å². The minimum absolute atomic E-state index is 0.122. The van der Waals surface area contributed by atoms with Crippen molar-refractivity contribution in [2.45, 2.75) is 50.4 Å². The third-order valence-corrected chi connectivity index (χ3v) is 7.85. The quantitative estimate of drug-likeness (QED) is 0.247. The zero-order valence-corrected chi connectivity index (χ0v) is 22.9. The largest absolute Gasteiger partial charge is 0.488 e. The highest BCUT2D eigenvalue weighted by Crippen LogP contribution is 2.40. The number of ether oxygens (including phenoxy) is 2. The fourth-order valence-corrected chi connectivity index (χ4v) is 5.32. The predicted molar refractivity (Wildman–Crippen MR) is 152 cm³/mol. The first-order valence-electron chi connectivity index (χ1n) is 13.0. The van der Waals surface area contributed by atoms with Crippen LogP contribution in [-0.4, -0.2) is 47.3 Å². The van der Waals surface area contributed by atoms with Crippen LogP contribution in [0.15, 0.2) is 91.5 Å². The van der Waals surface area contributed by atoms with Crippen molar-refractivity contribution in [3.8, 4) is 5.75 Å². The monoisotopic (exact) mass is 533 g/mol. The molecule has 6 heteroatoms. The number of halogens is 1. The molecular weight excluding hydrogens is 498 g/mol. The zero-order chi connectivity index (χ0) is 27.2. The Hall–Kier alpha value is -3.12. The summed E-state index contributed by atoms with van der Waals surface area (Å²) in [5.74, 6) is -0.189. The molecule has 0 saturated carbocycles. The first-order chi connectivity index (χ1) is 18.3. The third-order valence-electron chi connectivity index (χ3n) is 7.55. The molecule has 1 aliphatic rings. The lowest BCUT2D eigenvalue weighted by Crippen LogP contribution is -2.61. The smallest absolute Gasteiger partial charge is 0.318 e. The molecule has 38 heavy (non-hydrogen) atoms. The molecule has 0 bridgehead atoms. The lowest BCUT2D eigenvalue weighted by atomic mass is 9.69. The van der Waals surface area contributed by atoms with E-state index in [0.717, 1.165) is 36.2 Å². The summed E-state index contributed by atoms with van der Waals surface area (Å²) >= 11 is 6.33. The molecule has 3 aromatic rings. The third kappa shape index (κ3) is 6.12. The summed E-state index contributed by atoms with van der Waals surface area (Å²) in [5, 5.41) is 11.1. The Labute approximate surface area is 230 Å². The lowest BCUT2D eigenvalue weighted by molar-refractivity contribution is -0.143. The number of carboxylic acid groups (broad SMARTS) is 1. The van der Waals surface area contributed by atoms with Gasteiger partial charge in [-0.2, -0.15) is 0 Å². The van der Waals surface area contributed by atoms with Crippen LogP contribution in [0, 0.1) is 0 Å². The molecule has 1 saturated heterocycles. The molecule has 0 unspecified atom stereocenters. The highest BCUT2D eigenvalue weighted by molar-refractivity contribution is 6.32. The number of aliphatic carboxylic acids is 1. The summed E-state index contributed by atoms with van der Waals surface area (Å²) in [6.45, 7) is 10.5. The second-order valence-electron chi connectivity index (χ2n) is 10.5. The lowest BCUT2D eigenvalue weighted by Gasteiger charge is -2.50. The van der Waals surface area contributed by atoms with E-state index in [9.17, 15) is 9.90 Å². The van der Waals surface area contributed by atoms with E-state index in [1.807, 2.05) is 78.9 Å². The number of carboxylic acids is 1. The summed E-state index contributed by atoms with van der Waals surface area (Å²) in [5.41, 5.74) is 1.31. The van der Waals surface area contributed by atoms with Crippen LogP contribution in [0.1, 0.15) is 43.4 Å². The van der Waals surface area contributed by atoms with Gasteiger partial charge in [-0.05, 0) is 55.5 Å². The molecule has 200 valence electrons. The SMILES string of the molecule is C=CCOc1ccc(COC2CN(C(C)(C)CCC(C(=O)O)(c3ccccc3)c3ccccc3)C2)cc1Cl. The van der Waals surface area contributed by atoms with Gasteiger partial charge >= 0.3 is 5.97 Å². The average molecular weight is 534 g/mol. The Bertz CT molecular complexity index is 1180. The Morgan fingerprint density at radius 2 is 1.63 bits per heavy atom. The second-order valence-corrected chi connectivity index (χ2v) is 10.9. The van der Waals surface area contributed by atoms with E-state index >= 15 is 0 Å². The maximum atomic E-state index is 12.9. The van der Waals surface area contributed by atoms with Crippen LogP contribution >= 0.6 is 11.6 Å². The van der Waals surface area contributed by atoms with Crippen molar-refractivity contribution in [3.05, 3.63) is 113 Å². The number of hydrogen-bond acceptors (Lipinski definition) is 4. The van der Waals surface area contributed by atoms with Gasteiger partial charge in [-0.3, -0.25) is 9.69 Å². The molecule has 0 aliphatic carbocycles. The molecule has 0 radical (unpaired) electrons. The normalized spacial score (nSPS) is 14.6. The van der Waals surface area contributed by atoms with Gasteiger partial charge in [-0.1, -0.05) is 91.0 Å². The number of hydrogen-bond donors (Lipinski definition) is 1. The number of likely N-dealkylation sites (tertiary alicyclic amines) is 1. The molecule has 5 nitrogen and oxygen atoms in total. The number of benzene rings is 3. The minimum atomic E-state index is -1.11. The Morgan fingerprint density at radius 3 is 2.16 bits per heavy atom. The van der Waals surface area contributed by atoms with Crippen molar-refractivity contribution in [2.75, 3.05) is 19.7 Å². The number of rotatable bonds is 13. The van der Waals surface area contributed by atoms with Gasteiger partial charge in [0, 0.05) is 18.6 Å². The van der Waals surface area contributed by atoms with Gasteiger partial charge in [-0.25, -0.2) is 0 Å². The van der Waals surface area contributed by atoms with Gasteiger partial charge in [0.25, 0.3) is 0 Å². The van der Waals surface area contributed by atoms with E-state index in [0.29, 0.717) is 30.4 Å².